The second-order valence-corrected chi connectivity index (χ2v) is 17.8. The Morgan fingerprint density at radius 2 is 1.03 bits per heavy atom. The maximum Gasteiger partial charge on any atom is 0.472 e. The number of rotatable bonds is 39. The van der Waals surface area contributed by atoms with E-state index in [1.165, 1.54) is 93.9 Å². The van der Waals surface area contributed by atoms with Gasteiger partial charge in [0.15, 0.2) is 6.10 Å². The van der Waals surface area contributed by atoms with Crippen molar-refractivity contribution in [3.05, 3.63) is 46.3 Å². The number of furan rings is 2. The lowest BCUT2D eigenvalue weighted by Crippen LogP contribution is -2.29. The largest absolute Gasteiger partial charge is 0.472 e. The minimum absolute atomic E-state index is 0.0431. The van der Waals surface area contributed by atoms with E-state index in [0.29, 0.717) is 12.8 Å². The molecule has 11 nitrogen and oxygen atoms in total. The fourth-order valence-electron chi connectivity index (χ4n) is 7.25. The van der Waals surface area contributed by atoms with Gasteiger partial charge in [0.25, 0.3) is 0 Å². The van der Waals surface area contributed by atoms with Crippen LogP contribution >= 0.6 is 7.82 Å². The molecule has 1 unspecified atom stereocenters. The number of carbonyl (C=O) groups is 2. The summed E-state index contributed by atoms with van der Waals surface area (Å²) in [7, 11) is -4.40. The molecule has 0 aliphatic rings. The highest BCUT2D eigenvalue weighted by Gasteiger charge is 2.26. The van der Waals surface area contributed by atoms with Crippen LogP contribution in [0.1, 0.15) is 202 Å². The zero-order valence-electron chi connectivity index (χ0n) is 37.5. The molecule has 0 amide bonds. The van der Waals surface area contributed by atoms with Crippen molar-refractivity contribution in [1.82, 2.24) is 0 Å². The summed E-state index contributed by atoms with van der Waals surface area (Å²) in [5, 5.41) is 0. The molecule has 0 bridgehead atoms. The first-order valence-electron chi connectivity index (χ1n) is 23.4. The molecule has 0 spiro atoms. The molecular weight excluding hydrogens is 769 g/mol. The lowest BCUT2D eigenvalue weighted by atomic mass is 10.0. The summed E-state index contributed by atoms with van der Waals surface area (Å²) >= 11 is 0. The fourth-order valence-corrected chi connectivity index (χ4v) is 8.02. The lowest BCUT2D eigenvalue weighted by molar-refractivity contribution is -0.161. The Bertz CT molecular complexity index is 1420. The van der Waals surface area contributed by atoms with Gasteiger partial charge in [-0.1, -0.05) is 117 Å². The first-order chi connectivity index (χ1) is 28.6. The lowest BCUT2D eigenvalue weighted by Gasteiger charge is -2.19. The molecule has 0 aliphatic heterocycles. The third-order valence-corrected chi connectivity index (χ3v) is 11.8. The number of carbonyl (C=O) groups excluding carboxylic acids is 2. The van der Waals surface area contributed by atoms with Crippen LogP contribution in [0.2, 0.25) is 0 Å². The molecule has 3 N–H and O–H groups in total. The van der Waals surface area contributed by atoms with Crippen molar-refractivity contribution >= 4 is 19.8 Å². The average molecular weight is 852 g/mol. The van der Waals surface area contributed by atoms with Crippen LogP contribution in [0, 0.1) is 13.8 Å². The predicted octanol–water partition coefficient (Wildman–Crippen LogP) is 12.3. The van der Waals surface area contributed by atoms with E-state index >= 15 is 0 Å². The highest BCUT2D eigenvalue weighted by Crippen LogP contribution is 2.43. The van der Waals surface area contributed by atoms with Gasteiger partial charge in [0.05, 0.1) is 13.2 Å². The molecular formula is C47H82NO10P. The molecule has 0 aromatic carbocycles. The summed E-state index contributed by atoms with van der Waals surface area (Å²) in [5.41, 5.74) is 7.91. The van der Waals surface area contributed by atoms with E-state index in [2.05, 4.69) is 39.8 Å². The molecule has 12 heteroatoms. The van der Waals surface area contributed by atoms with Crippen LogP contribution in [0.4, 0.5) is 0 Å². The minimum atomic E-state index is -4.40. The predicted molar refractivity (Wildman–Crippen MR) is 235 cm³/mol. The third kappa shape index (κ3) is 26.5. The zero-order chi connectivity index (χ0) is 43.0. The van der Waals surface area contributed by atoms with Gasteiger partial charge in [-0.05, 0) is 75.6 Å². The van der Waals surface area contributed by atoms with Crippen molar-refractivity contribution in [3.8, 4) is 0 Å². The smallest absolute Gasteiger partial charge is 0.466 e. The number of hydrogen-bond acceptors (Lipinski definition) is 10. The van der Waals surface area contributed by atoms with Crippen molar-refractivity contribution in [2.24, 2.45) is 5.73 Å². The van der Waals surface area contributed by atoms with Gasteiger partial charge >= 0.3 is 19.8 Å². The first kappa shape index (κ1) is 52.7. The molecule has 0 saturated carbocycles. The molecule has 2 rings (SSSR count). The average Bonchev–Trinajstić information content (AvgIpc) is 3.75. The van der Waals surface area contributed by atoms with E-state index in [4.69, 9.17) is 33.1 Å². The van der Waals surface area contributed by atoms with E-state index in [9.17, 15) is 19.0 Å². The van der Waals surface area contributed by atoms with E-state index in [1.54, 1.807) is 0 Å². The topological polar surface area (TPSA) is 161 Å². The van der Waals surface area contributed by atoms with Crippen molar-refractivity contribution in [2.75, 3.05) is 26.4 Å². The normalized spacial score (nSPS) is 13.1. The van der Waals surface area contributed by atoms with Gasteiger partial charge in [-0.25, -0.2) is 4.57 Å². The van der Waals surface area contributed by atoms with Gasteiger partial charge in [-0.3, -0.25) is 18.6 Å². The Hall–Kier alpha value is -2.43. The molecule has 0 aliphatic carbocycles. The Morgan fingerprint density at radius 3 is 1.49 bits per heavy atom. The van der Waals surface area contributed by atoms with E-state index < -0.39 is 32.5 Å². The number of nitrogens with two attached hydrogens (primary N) is 1. The van der Waals surface area contributed by atoms with Crippen LogP contribution in [0.3, 0.4) is 0 Å². The standard InChI is InChI=1S/C47H82NO10P/c1-5-7-21-27-41-35-39(3)44(56-41)29-23-17-13-11-9-10-12-14-20-26-32-47(50)58-43(38-55-59(51,52)54-34-33-48)37-53-46(49)31-25-19-16-15-18-24-30-45-40(4)36-42(57-45)28-22-8-6-2/h35-36,43H,5-34,37-38,48H2,1-4H3,(H,51,52)/t43-/m1/s1. The number of hydrogen-bond donors (Lipinski definition) is 2. The molecule has 2 aromatic rings. The van der Waals surface area contributed by atoms with Crippen LogP contribution in [0.25, 0.3) is 0 Å². The summed E-state index contributed by atoms with van der Waals surface area (Å²) in [6.07, 6.45) is 27.8. The van der Waals surface area contributed by atoms with Crippen LogP contribution in [-0.4, -0.2) is 49.3 Å². The second kappa shape index (κ2) is 33.2. The Labute approximate surface area is 357 Å². The minimum Gasteiger partial charge on any atom is -0.466 e. The molecule has 0 fully saturated rings. The summed E-state index contributed by atoms with van der Waals surface area (Å²) in [6.45, 7) is 7.89. The monoisotopic (exact) mass is 852 g/mol. The zero-order valence-corrected chi connectivity index (χ0v) is 38.4. The number of unbranched alkanes of at least 4 members (excludes halogenated alkanes) is 18. The Balaban J connectivity index is 1.56. The van der Waals surface area contributed by atoms with Crippen LogP contribution < -0.4 is 5.73 Å². The Kier molecular flexibility index (Phi) is 29.7. The molecule has 2 aromatic heterocycles. The Morgan fingerprint density at radius 1 is 0.610 bits per heavy atom. The van der Waals surface area contributed by atoms with Crippen molar-refractivity contribution < 1.29 is 46.4 Å². The van der Waals surface area contributed by atoms with Gasteiger partial charge in [-0.15, -0.1) is 0 Å². The van der Waals surface area contributed by atoms with Crippen LogP contribution in [0.15, 0.2) is 21.0 Å². The van der Waals surface area contributed by atoms with Crippen molar-refractivity contribution in [3.63, 3.8) is 0 Å². The fraction of sp³-hybridized carbons (Fsp3) is 0.787. The third-order valence-electron chi connectivity index (χ3n) is 10.8. The molecule has 2 atom stereocenters. The molecule has 2 heterocycles. The molecule has 0 saturated heterocycles. The maximum absolute atomic E-state index is 12.7. The van der Waals surface area contributed by atoms with Gasteiger partial charge in [0.1, 0.15) is 29.6 Å². The first-order valence-corrected chi connectivity index (χ1v) is 24.9. The van der Waals surface area contributed by atoms with E-state index in [0.717, 1.165) is 94.3 Å². The number of ether oxygens (including phenoxy) is 2. The SMILES string of the molecule is CCCCCc1cc(C)c(CCCCCCCCCCCCC(=O)O[C@H](COC(=O)CCCCCCCCc2oc(CCCCC)cc2C)COP(=O)(O)OCCN)o1. The highest BCUT2D eigenvalue weighted by molar-refractivity contribution is 7.47. The number of phosphoric acid groups is 1. The number of esters is 2. The molecule has 340 valence electrons. The van der Waals surface area contributed by atoms with E-state index in [1.807, 2.05) is 0 Å². The molecule has 0 radical (unpaired) electrons. The van der Waals surface area contributed by atoms with Crippen molar-refractivity contribution in [1.29, 1.82) is 0 Å². The van der Waals surface area contributed by atoms with Gasteiger partial charge in [0.2, 0.25) is 0 Å². The maximum atomic E-state index is 12.7. The highest BCUT2D eigenvalue weighted by atomic mass is 31.2. The van der Waals surface area contributed by atoms with Gasteiger partial charge < -0.3 is 28.9 Å². The summed E-state index contributed by atoms with van der Waals surface area (Å²) in [6, 6.07) is 4.41. The summed E-state index contributed by atoms with van der Waals surface area (Å²) in [4.78, 5) is 35.1. The van der Waals surface area contributed by atoms with Crippen LogP contribution in [-0.2, 0) is 58.4 Å². The van der Waals surface area contributed by atoms with Crippen molar-refractivity contribution in [2.45, 2.75) is 214 Å². The quantitative estimate of drug-likeness (QED) is 0.0374. The van der Waals surface area contributed by atoms with Gasteiger partial charge in [-0.2, -0.15) is 0 Å². The van der Waals surface area contributed by atoms with Crippen LogP contribution in [0.5, 0.6) is 0 Å². The molecule has 59 heavy (non-hydrogen) atoms. The second-order valence-electron chi connectivity index (χ2n) is 16.4. The summed E-state index contributed by atoms with van der Waals surface area (Å²) < 4.78 is 45.1. The van der Waals surface area contributed by atoms with E-state index in [-0.39, 0.29) is 32.6 Å². The number of phosphoric ester groups is 1. The summed E-state index contributed by atoms with van der Waals surface area (Å²) in [5.74, 6) is 3.65. The van der Waals surface area contributed by atoms with Gasteiger partial charge in [0, 0.05) is 45.1 Å². The number of aryl methyl sites for hydroxylation is 6.